The molecule has 0 radical (unpaired) electrons. The van der Waals surface area contributed by atoms with Crippen molar-refractivity contribution in [2.45, 2.75) is 83.1 Å². The molecule has 0 aromatic heterocycles. The van der Waals surface area contributed by atoms with Crippen LogP contribution in [0.15, 0.2) is 18.2 Å². The van der Waals surface area contributed by atoms with Crippen LogP contribution in [-0.4, -0.2) is 57.0 Å². The van der Waals surface area contributed by atoms with E-state index in [-0.39, 0.29) is 18.1 Å². The quantitative estimate of drug-likeness (QED) is 0.178. The molecule has 9 nitrogen and oxygen atoms in total. The van der Waals surface area contributed by atoms with Crippen molar-refractivity contribution in [3.05, 3.63) is 23.8 Å². The Hall–Kier alpha value is -3.10. The summed E-state index contributed by atoms with van der Waals surface area (Å²) in [7, 11) is 3.07. The van der Waals surface area contributed by atoms with E-state index in [4.69, 9.17) is 14.2 Å². The number of benzene rings is 1. The molecule has 1 aromatic carbocycles. The van der Waals surface area contributed by atoms with Crippen LogP contribution < -0.4 is 20.1 Å². The van der Waals surface area contributed by atoms with Gasteiger partial charge in [0.05, 0.1) is 32.8 Å². The largest absolute Gasteiger partial charge is 0.493 e. The SMILES string of the molecule is COc1cccc(C(=O)NCCCCCCCCCCCC(=O)CC(=O)N[C@H]2CCOC2=O)c1OC. The molecule has 36 heavy (non-hydrogen) atoms. The van der Waals surface area contributed by atoms with Crippen molar-refractivity contribution >= 4 is 23.6 Å². The number of carbonyl (C=O) groups excluding carboxylic acids is 4. The molecular formula is C27H40N2O7. The zero-order valence-electron chi connectivity index (χ0n) is 21.6. The first-order valence-electron chi connectivity index (χ1n) is 12.9. The first-order chi connectivity index (χ1) is 17.5. The lowest BCUT2D eigenvalue weighted by atomic mass is 10.0. The normalized spacial score (nSPS) is 14.7. The smallest absolute Gasteiger partial charge is 0.328 e. The molecule has 1 atom stereocenters. The zero-order chi connectivity index (χ0) is 26.2. The van der Waals surface area contributed by atoms with Gasteiger partial charge in [-0.2, -0.15) is 0 Å². The predicted molar refractivity (Wildman–Crippen MR) is 135 cm³/mol. The summed E-state index contributed by atoms with van der Waals surface area (Å²) in [5.41, 5.74) is 0.470. The van der Waals surface area contributed by atoms with E-state index in [9.17, 15) is 19.2 Å². The number of carbonyl (C=O) groups is 4. The number of amides is 2. The van der Waals surface area contributed by atoms with E-state index in [1.165, 1.54) is 7.11 Å². The van der Waals surface area contributed by atoms with Crippen LogP contribution in [0, 0.1) is 0 Å². The lowest BCUT2D eigenvalue weighted by molar-refractivity contribution is -0.142. The Morgan fingerprint density at radius 1 is 0.944 bits per heavy atom. The number of para-hydroxylation sites is 1. The third kappa shape index (κ3) is 10.3. The maximum Gasteiger partial charge on any atom is 0.328 e. The number of ether oxygens (including phenoxy) is 3. The van der Waals surface area contributed by atoms with Gasteiger partial charge in [0.15, 0.2) is 11.5 Å². The molecule has 1 aliphatic heterocycles. The Morgan fingerprint density at radius 2 is 1.61 bits per heavy atom. The fraction of sp³-hybridized carbons (Fsp3) is 0.630. The number of rotatable bonds is 18. The van der Waals surface area contributed by atoms with Gasteiger partial charge in [-0.3, -0.25) is 14.4 Å². The molecule has 0 bridgehead atoms. The minimum absolute atomic E-state index is 0.0872. The highest BCUT2D eigenvalue weighted by atomic mass is 16.5. The zero-order valence-corrected chi connectivity index (χ0v) is 21.6. The van der Waals surface area contributed by atoms with Gasteiger partial charge < -0.3 is 24.8 Å². The number of methoxy groups -OCH3 is 2. The van der Waals surface area contributed by atoms with Gasteiger partial charge in [0.2, 0.25) is 5.91 Å². The van der Waals surface area contributed by atoms with E-state index < -0.39 is 17.9 Å². The number of Topliss-reactive ketones (excluding diaryl/α,β-unsaturated/α-hetero) is 1. The van der Waals surface area contributed by atoms with Gasteiger partial charge in [-0.15, -0.1) is 0 Å². The number of hydrogen-bond acceptors (Lipinski definition) is 7. The number of cyclic esters (lactones) is 1. The number of unbranched alkanes of at least 4 members (excludes halogenated alkanes) is 8. The molecule has 1 aliphatic rings. The number of esters is 1. The average Bonchev–Trinajstić information content (AvgIpc) is 3.27. The summed E-state index contributed by atoms with van der Waals surface area (Å²) in [6.07, 6.45) is 10.1. The second-order valence-corrected chi connectivity index (χ2v) is 9.02. The van der Waals surface area contributed by atoms with E-state index in [2.05, 4.69) is 10.6 Å². The second kappa shape index (κ2) is 16.5. The minimum Gasteiger partial charge on any atom is -0.493 e. The van der Waals surface area contributed by atoms with Crippen LogP contribution in [0.5, 0.6) is 11.5 Å². The predicted octanol–water partition coefficient (Wildman–Crippen LogP) is 3.73. The minimum atomic E-state index is -0.605. The average molecular weight is 505 g/mol. The van der Waals surface area contributed by atoms with E-state index >= 15 is 0 Å². The maximum atomic E-state index is 12.4. The van der Waals surface area contributed by atoms with Gasteiger partial charge in [-0.05, 0) is 25.0 Å². The van der Waals surface area contributed by atoms with Gasteiger partial charge in [0.1, 0.15) is 11.8 Å². The van der Waals surface area contributed by atoms with Crippen LogP contribution in [0.4, 0.5) is 0 Å². The molecule has 9 heteroatoms. The number of nitrogens with one attached hydrogen (secondary N) is 2. The van der Waals surface area contributed by atoms with Crippen LogP contribution in [0.2, 0.25) is 0 Å². The molecule has 1 saturated heterocycles. The third-order valence-electron chi connectivity index (χ3n) is 6.19. The molecule has 0 saturated carbocycles. The molecule has 200 valence electrons. The topological polar surface area (TPSA) is 120 Å². The summed E-state index contributed by atoms with van der Waals surface area (Å²) in [5, 5.41) is 5.50. The van der Waals surface area contributed by atoms with Crippen LogP contribution in [0.3, 0.4) is 0 Å². The monoisotopic (exact) mass is 504 g/mol. The van der Waals surface area contributed by atoms with Crippen LogP contribution in [0.1, 0.15) is 87.4 Å². The molecule has 2 amide bonds. The van der Waals surface area contributed by atoms with Gasteiger partial charge in [0, 0.05) is 19.4 Å². The van der Waals surface area contributed by atoms with Crippen molar-refractivity contribution in [3.63, 3.8) is 0 Å². The standard InChI is InChI=1S/C27H40N2O7/c1-34-23-15-12-14-21(25(23)35-2)26(32)28-17-11-9-7-5-3-4-6-8-10-13-20(30)19-24(31)29-22-16-18-36-27(22)33/h12,14-15,22H,3-11,13,16-19H2,1-2H3,(H,28,32)(H,29,31)/t22-/m0/s1. The molecule has 2 N–H and O–H groups in total. The lowest BCUT2D eigenvalue weighted by Gasteiger charge is -2.12. The summed E-state index contributed by atoms with van der Waals surface area (Å²) < 4.78 is 15.3. The van der Waals surface area contributed by atoms with Crippen molar-refractivity contribution in [2.24, 2.45) is 0 Å². The number of ketones is 1. The Kier molecular flexibility index (Phi) is 13.4. The van der Waals surface area contributed by atoms with Gasteiger partial charge in [-0.25, -0.2) is 4.79 Å². The highest BCUT2D eigenvalue weighted by Crippen LogP contribution is 2.30. The van der Waals surface area contributed by atoms with E-state index in [1.54, 1.807) is 25.3 Å². The molecule has 0 unspecified atom stereocenters. The van der Waals surface area contributed by atoms with Crippen molar-refractivity contribution < 1.29 is 33.4 Å². The molecule has 1 fully saturated rings. The highest BCUT2D eigenvalue weighted by Gasteiger charge is 2.28. The summed E-state index contributed by atoms with van der Waals surface area (Å²) in [5.74, 6) is -0.0936. The molecule has 1 aromatic rings. The maximum absolute atomic E-state index is 12.4. The first-order valence-corrected chi connectivity index (χ1v) is 12.9. The summed E-state index contributed by atoms with van der Waals surface area (Å²) in [6.45, 7) is 0.938. The number of hydrogen-bond donors (Lipinski definition) is 2. The first kappa shape index (κ1) is 29.1. The Morgan fingerprint density at radius 3 is 2.22 bits per heavy atom. The van der Waals surface area contributed by atoms with Crippen LogP contribution in [-0.2, 0) is 19.1 Å². The van der Waals surface area contributed by atoms with E-state index in [0.717, 1.165) is 57.8 Å². The van der Waals surface area contributed by atoms with Gasteiger partial charge >= 0.3 is 5.97 Å². The summed E-state index contributed by atoms with van der Waals surface area (Å²) in [6, 6.07) is 4.64. The Labute approximate surface area is 213 Å². The molecular weight excluding hydrogens is 464 g/mol. The molecule has 0 spiro atoms. The van der Waals surface area contributed by atoms with Crippen LogP contribution >= 0.6 is 0 Å². The van der Waals surface area contributed by atoms with E-state index in [1.807, 2.05) is 0 Å². The molecule has 2 rings (SSSR count). The van der Waals surface area contributed by atoms with Crippen LogP contribution in [0.25, 0.3) is 0 Å². The molecule has 1 heterocycles. The fourth-order valence-corrected chi connectivity index (χ4v) is 4.19. The molecule has 0 aliphatic carbocycles. The van der Waals surface area contributed by atoms with Gasteiger partial charge in [0.25, 0.3) is 5.91 Å². The second-order valence-electron chi connectivity index (χ2n) is 9.02. The summed E-state index contributed by atoms with van der Waals surface area (Å²) in [4.78, 5) is 47.5. The Balaban J connectivity index is 1.42. The van der Waals surface area contributed by atoms with Crippen molar-refractivity contribution in [1.29, 1.82) is 0 Å². The Bertz CT molecular complexity index is 872. The summed E-state index contributed by atoms with van der Waals surface area (Å²) >= 11 is 0. The van der Waals surface area contributed by atoms with Crippen molar-refractivity contribution in [1.82, 2.24) is 10.6 Å². The highest BCUT2D eigenvalue weighted by molar-refractivity contribution is 5.99. The fourth-order valence-electron chi connectivity index (χ4n) is 4.19. The van der Waals surface area contributed by atoms with E-state index in [0.29, 0.717) is 43.1 Å². The van der Waals surface area contributed by atoms with Crippen molar-refractivity contribution in [3.8, 4) is 11.5 Å². The van der Waals surface area contributed by atoms with Crippen molar-refractivity contribution in [2.75, 3.05) is 27.4 Å². The lowest BCUT2D eigenvalue weighted by Crippen LogP contribution is -2.38. The third-order valence-corrected chi connectivity index (χ3v) is 6.19. The van der Waals surface area contributed by atoms with Gasteiger partial charge in [-0.1, -0.05) is 51.0 Å².